The Labute approximate surface area is 166 Å². The average Bonchev–Trinajstić information content (AvgIpc) is 2.91. The standard InChI is InChI=1S/C22H26N2O3S/c1-14-7-8-19(11-15(14)2)23-28(26,27)20-9-10-21-18(13-20)12-16(3)24(21)22(25)17-5-4-6-17/h7-11,13,16-17,23H,4-6,12H2,1-3H3/t16-/m1/s1. The summed E-state index contributed by atoms with van der Waals surface area (Å²) >= 11 is 0. The summed E-state index contributed by atoms with van der Waals surface area (Å²) in [6.07, 6.45) is 3.72. The Hall–Kier alpha value is -2.34. The molecule has 5 nitrogen and oxygen atoms in total. The second-order valence-corrected chi connectivity index (χ2v) is 9.77. The van der Waals surface area contributed by atoms with Gasteiger partial charge < -0.3 is 4.90 Å². The highest BCUT2D eigenvalue weighted by Gasteiger charge is 2.37. The van der Waals surface area contributed by atoms with Gasteiger partial charge in [0.25, 0.3) is 10.0 Å². The number of rotatable bonds is 4. The molecule has 4 rings (SSSR count). The van der Waals surface area contributed by atoms with Gasteiger partial charge in [0.2, 0.25) is 5.91 Å². The summed E-state index contributed by atoms with van der Waals surface area (Å²) < 4.78 is 28.4. The number of hydrogen-bond acceptors (Lipinski definition) is 3. The van der Waals surface area contributed by atoms with Crippen molar-refractivity contribution in [1.29, 1.82) is 0 Å². The van der Waals surface area contributed by atoms with Gasteiger partial charge in [-0.15, -0.1) is 0 Å². The second kappa shape index (κ2) is 6.92. The van der Waals surface area contributed by atoms with Crippen LogP contribution in [-0.4, -0.2) is 20.4 Å². The number of nitrogens with zero attached hydrogens (tertiary/aromatic N) is 1. The van der Waals surface area contributed by atoms with Crippen molar-refractivity contribution in [2.75, 3.05) is 9.62 Å². The Morgan fingerprint density at radius 3 is 2.46 bits per heavy atom. The highest BCUT2D eigenvalue weighted by Crippen LogP contribution is 2.38. The third kappa shape index (κ3) is 3.30. The number of aryl methyl sites for hydroxylation is 2. The van der Waals surface area contributed by atoms with E-state index in [4.69, 9.17) is 0 Å². The Kier molecular flexibility index (Phi) is 4.70. The van der Waals surface area contributed by atoms with Crippen LogP contribution in [0.2, 0.25) is 0 Å². The Morgan fingerprint density at radius 1 is 1.07 bits per heavy atom. The molecule has 148 valence electrons. The van der Waals surface area contributed by atoms with Crippen LogP contribution in [0.15, 0.2) is 41.3 Å². The highest BCUT2D eigenvalue weighted by molar-refractivity contribution is 7.92. The lowest BCUT2D eigenvalue weighted by atomic mass is 9.84. The van der Waals surface area contributed by atoms with Crippen LogP contribution < -0.4 is 9.62 Å². The van der Waals surface area contributed by atoms with Gasteiger partial charge >= 0.3 is 0 Å². The molecule has 1 saturated carbocycles. The van der Waals surface area contributed by atoms with Gasteiger partial charge in [-0.05, 0) is 87.1 Å². The van der Waals surface area contributed by atoms with E-state index in [-0.39, 0.29) is 22.8 Å². The molecule has 0 unspecified atom stereocenters. The largest absolute Gasteiger partial charge is 0.309 e. The molecule has 1 N–H and O–H groups in total. The first-order valence-corrected chi connectivity index (χ1v) is 11.3. The molecular weight excluding hydrogens is 372 g/mol. The van der Waals surface area contributed by atoms with E-state index in [1.54, 1.807) is 24.3 Å². The smallest absolute Gasteiger partial charge is 0.261 e. The van der Waals surface area contributed by atoms with E-state index in [1.807, 2.05) is 37.8 Å². The van der Waals surface area contributed by atoms with Crippen molar-refractivity contribution in [2.45, 2.75) is 57.4 Å². The van der Waals surface area contributed by atoms with E-state index in [0.717, 1.165) is 41.6 Å². The summed E-state index contributed by atoms with van der Waals surface area (Å²) in [6, 6.07) is 10.7. The van der Waals surface area contributed by atoms with E-state index in [0.29, 0.717) is 12.1 Å². The minimum atomic E-state index is -3.68. The van der Waals surface area contributed by atoms with Gasteiger partial charge in [0.1, 0.15) is 0 Å². The van der Waals surface area contributed by atoms with Crippen LogP contribution in [0.1, 0.15) is 42.9 Å². The minimum absolute atomic E-state index is 0.0637. The lowest BCUT2D eigenvalue weighted by Gasteiger charge is -2.32. The van der Waals surface area contributed by atoms with E-state index >= 15 is 0 Å². The van der Waals surface area contributed by atoms with E-state index in [2.05, 4.69) is 4.72 Å². The molecule has 1 amide bonds. The van der Waals surface area contributed by atoms with Crippen molar-refractivity contribution in [3.63, 3.8) is 0 Å². The van der Waals surface area contributed by atoms with Crippen LogP contribution in [0, 0.1) is 19.8 Å². The molecule has 2 aromatic rings. The summed E-state index contributed by atoms with van der Waals surface area (Å²) in [5.41, 5.74) is 4.48. The van der Waals surface area contributed by atoms with Crippen molar-refractivity contribution in [3.05, 3.63) is 53.1 Å². The SMILES string of the molecule is Cc1ccc(NS(=O)(=O)c2ccc3c(c2)C[C@@H](C)N3C(=O)C2CCC2)cc1C. The number of nitrogens with one attached hydrogen (secondary N) is 1. The minimum Gasteiger partial charge on any atom is -0.309 e. The maximum absolute atomic E-state index is 12.9. The monoisotopic (exact) mass is 398 g/mol. The second-order valence-electron chi connectivity index (χ2n) is 8.08. The maximum atomic E-state index is 12.9. The number of sulfonamides is 1. The first-order chi connectivity index (χ1) is 13.3. The molecule has 1 atom stereocenters. The molecule has 0 spiro atoms. The van der Waals surface area contributed by atoms with Gasteiger partial charge in [0, 0.05) is 23.3 Å². The molecule has 2 aromatic carbocycles. The number of amides is 1. The molecule has 1 fully saturated rings. The zero-order chi connectivity index (χ0) is 20.1. The fraction of sp³-hybridized carbons (Fsp3) is 0.409. The molecular formula is C22H26N2O3S. The molecule has 0 aromatic heterocycles. The van der Waals surface area contributed by atoms with Gasteiger partial charge in [-0.2, -0.15) is 0 Å². The fourth-order valence-electron chi connectivity index (χ4n) is 3.98. The number of carbonyl (C=O) groups is 1. The summed E-state index contributed by atoms with van der Waals surface area (Å²) in [7, 11) is -3.68. The molecule has 6 heteroatoms. The highest BCUT2D eigenvalue weighted by atomic mass is 32.2. The Morgan fingerprint density at radius 2 is 1.82 bits per heavy atom. The Balaban J connectivity index is 1.61. The molecule has 2 aliphatic rings. The number of anilines is 2. The molecule has 1 aliphatic carbocycles. The van der Waals surface area contributed by atoms with Crippen molar-refractivity contribution >= 4 is 27.3 Å². The predicted octanol–water partition coefficient (Wildman–Crippen LogP) is 4.18. The molecule has 0 bridgehead atoms. The van der Waals surface area contributed by atoms with E-state index < -0.39 is 10.0 Å². The van der Waals surface area contributed by atoms with Gasteiger partial charge in [0.05, 0.1) is 4.90 Å². The number of benzene rings is 2. The summed E-state index contributed by atoms with van der Waals surface area (Å²) in [4.78, 5) is 14.9. The molecule has 0 radical (unpaired) electrons. The van der Waals surface area contributed by atoms with Gasteiger partial charge in [-0.3, -0.25) is 9.52 Å². The first kappa shape index (κ1) is 19.0. The quantitative estimate of drug-likeness (QED) is 0.840. The average molecular weight is 399 g/mol. The zero-order valence-corrected chi connectivity index (χ0v) is 17.3. The fourth-order valence-corrected chi connectivity index (χ4v) is 5.08. The molecule has 1 aliphatic heterocycles. The van der Waals surface area contributed by atoms with Crippen LogP contribution in [0.4, 0.5) is 11.4 Å². The molecule has 28 heavy (non-hydrogen) atoms. The zero-order valence-electron chi connectivity index (χ0n) is 16.5. The normalized spacial score (nSPS) is 19.2. The van der Waals surface area contributed by atoms with Crippen molar-refractivity contribution in [3.8, 4) is 0 Å². The van der Waals surface area contributed by atoms with Crippen LogP contribution >= 0.6 is 0 Å². The van der Waals surface area contributed by atoms with Crippen LogP contribution in [0.3, 0.4) is 0 Å². The van der Waals surface area contributed by atoms with Crippen molar-refractivity contribution < 1.29 is 13.2 Å². The van der Waals surface area contributed by atoms with Gasteiger partial charge in [-0.25, -0.2) is 8.42 Å². The lowest BCUT2D eigenvalue weighted by Crippen LogP contribution is -2.42. The summed E-state index contributed by atoms with van der Waals surface area (Å²) in [5, 5.41) is 0. The number of hydrogen-bond donors (Lipinski definition) is 1. The van der Waals surface area contributed by atoms with Crippen molar-refractivity contribution in [1.82, 2.24) is 0 Å². The number of carbonyl (C=O) groups excluding carboxylic acids is 1. The topological polar surface area (TPSA) is 66.5 Å². The molecule has 1 heterocycles. The van der Waals surface area contributed by atoms with Gasteiger partial charge in [0.15, 0.2) is 0 Å². The first-order valence-electron chi connectivity index (χ1n) is 9.82. The Bertz CT molecular complexity index is 1040. The third-order valence-electron chi connectivity index (χ3n) is 6.03. The predicted molar refractivity (Wildman–Crippen MR) is 111 cm³/mol. The van der Waals surface area contributed by atoms with E-state index in [9.17, 15) is 13.2 Å². The van der Waals surface area contributed by atoms with Crippen LogP contribution in [-0.2, 0) is 21.2 Å². The summed E-state index contributed by atoms with van der Waals surface area (Å²) in [6.45, 7) is 5.97. The van der Waals surface area contributed by atoms with E-state index in [1.165, 1.54) is 0 Å². The van der Waals surface area contributed by atoms with Crippen molar-refractivity contribution in [2.24, 2.45) is 5.92 Å². The molecule has 0 saturated heterocycles. The lowest BCUT2D eigenvalue weighted by molar-refractivity contribution is -0.125. The summed E-state index contributed by atoms with van der Waals surface area (Å²) in [5.74, 6) is 0.310. The van der Waals surface area contributed by atoms with Gasteiger partial charge in [-0.1, -0.05) is 12.5 Å². The van der Waals surface area contributed by atoms with Crippen LogP contribution in [0.5, 0.6) is 0 Å². The number of fused-ring (bicyclic) bond motifs is 1. The third-order valence-corrected chi connectivity index (χ3v) is 7.41. The maximum Gasteiger partial charge on any atom is 0.261 e. The van der Waals surface area contributed by atoms with Crippen LogP contribution in [0.25, 0.3) is 0 Å².